The molecule has 0 unspecified atom stereocenters. The van der Waals surface area contributed by atoms with Crippen molar-refractivity contribution >= 4 is 23.5 Å². The Morgan fingerprint density at radius 1 is 1.06 bits per heavy atom. The molecule has 164 valence electrons. The lowest BCUT2D eigenvalue weighted by atomic mass is 10.1. The fraction of sp³-hybridized carbons (Fsp3) is 0.318. The van der Waals surface area contributed by atoms with Crippen LogP contribution in [0.5, 0.6) is 5.75 Å². The summed E-state index contributed by atoms with van der Waals surface area (Å²) in [5.74, 6) is -1.61. The second-order valence-corrected chi connectivity index (χ2v) is 7.29. The number of nitrogens with zero attached hydrogens (tertiary/aromatic N) is 2. The first-order chi connectivity index (χ1) is 14.8. The molecular formula is C22H24FN3O5. The maximum absolute atomic E-state index is 12.9. The molecule has 8 nitrogen and oxygen atoms in total. The predicted molar refractivity (Wildman–Crippen MR) is 111 cm³/mol. The second-order valence-electron chi connectivity index (χ2n) is 7.29. The fourth-order valence-corrected chi connectivity index (χ4v) is 3.13. The summed E-state index contributed by atoms with van der Waals surface area (Å²) in [7, 11) is 0. The first-order valence-electron chi connectivity index (χ1n) is 9.84. The van der Waals surface area contributed by atoms with Crippen LogP contribution in [0.3, 0.4) is 0 Å². The minimum absolute atomic E-state index is 0.0136. The van der Waals surface area contributed by atoms with Crippen LogP contribution < -0.4 is 5.32 Å². The Labute approximate surface area is 179 Å². The van der Waals surface area contributed by atoms with E-state index in [1.807, 2.05) is 4.90 Å². The zero-order chi connectivity index (χ0) is 22.4. The minimum atomic E-state index is -0.681. The first kappa shape index (κ1) is 22.2. The van der Waals surface area contributed by atoms with Crippen LogP contribution in [-0.2, 0) is 14.3 Å². The van der Waals surface area contributed by atoms with Gasteiger partial charge in [-0.05, 0) is 48.9 Å². The third-order valence-corrected chi connectivity index (χ3v) is 4.99. The topological polar surface area (TPSA) is 99.2 Å². The van der Waals surface area contributed by atoms with E-state index in [-0.39, 0.29) is 35.5 Å². The van der Waals surface area contributed by atoms with Crippen LogP contribution in [0.15, 0.2) is 42.5 Å². The van der Waals surface area contributed by atoms with E-state index >= 15 is 0 Å². The molecule has 0 spiro atoms. The van der Waals surface area contributed by atoms with Crippen molar-refractivity contribution in [1.29, 1.82) is 0 Å². The molecular weight excluding hydrogens is 405 g/mol. The number of hydrogen-bond donors (Lipinski definition) is 2. The van der Waals surface area contributed by atoms with E-state index in [4.69, 9.17) is 4.74 Å². The molecule has 0 aromatic heterocycles. The zero-order valence-electron chi connectivity index (χ0n) is 17.1. The van der Waals surface area contributed by atoms with E-state index in [1.165, 1.54) is 36.4 Å². The number of aryl methyl sites for hydroxylation is 1. The zero-order valence-corrected chi connectivity index (χ0v) is 17.1. The molecule has 1 heterocycles. The lowest BCUT2D eigenvalue weighted by Gasteiger charge is -2.34. The van der Waals surface area contributed by atoms with Crippen LogP contribution >= 0.6 is 0 Å². The molecule has 2 N–H and O–H groups in total. The van der Waals surface area contributed by atoms with Gasteiger partial charge in [0, 0.05) is 31.9 Å². The van der Waals surface area contributed by atoms with Crippen molar-refractivity contribution in [3.63, 3.8) is 0 Å². The van der Waals surface area contributed by atoms with Crippen molar-refractivity contribution in [2.75, 3.05) is 44.6 Å². The van der Waals surface area contributed by atoms with Gasteiger partial charge in [0.25, 0.3) is 5.91 Å². The summed E-state index contributed by atoms with van der Waals surface area (Å²) in [6.07, 6.45) is 0. The molecule has 3 rings (SSSR count). The Morgan fingerprint density at radius 2 is 1.74 bits per heavy atom. The smallest absolute Gasteiger partial charge is 0.338 e. The van der Waals surface area contributed by atoms with E-state index < -0.39 is 12.6 Å². The van der Waals surface area contributed by atoms with Crippen LogP contribution in [0.2, 0.25) is 0 Å². The Morgan fingerprint density at radius 3 is 2.39 bits per heavy atom. The maximum Gasteiger partial charge on any atom is 0.338 e. The summed E-state index contributed by atoms with van der Waals surface area (Å²) in [5.41, 5.74) is 1.33. The highest BCUT2D eigenvalue weighted by molar-refractivity contribution is 5.92. The number of phenols is 1. The number of nitrogens with one attached hydrogen (secondary N) is 1. The average Bonchev–Trinajstić information content (AvgIpc) is 2.76. The number of ether oxygens (including phenoxy) is 1. The van der Waals surface area contributed by atoms with Crippen molar-refractivity contribution in [2.24, 2.45) is 0 Å². The molecule has 1 fully saturated rings. The van der Waals surface area contributed by atoms with Gasteiger partial charge in [-0.2, -0.15) is 0 Å². The molecule has 0 saturated carbocycles. The minimum Gasteiger partial charge on any atom is -0.508 e. The predicted octanol–water partition coefficient (Wildman–Crippen LogP) is 1.78. The van der Waals surface area contributed by atoms with Gasteiger partial charge in [-0.1, -0.05) is 6.07 Å². The van der Waals surface area contributed by atoms with E-state index in [2.05, 4.69) is 5.32 Å². The number of halogens is 1. The molecule has 1 aliphatic heterocycles. The Bertz CT molecular complexity index is 956. The van der Waals surface area contributed by atoms with Gasteiger partial charge in [0.15, 0.2) is 6.61 Å². The van der Waals surface area contributed by atoms with Crippen molar-refractivity contribution in [3.8, 4) is 5.75 Å². The van der Waals surface area contributed by atoms with Gasteiger partial charge in [-0.15, -0.1) is 0 Å². The lowest BCUT2D eigenvalue weighted by Crippen LogP contribution is -2.51. The number of phenolic OH excluding ortho intramolecular Hbond substituents is 1. The van der Waals surface area contributed by atoms with E-state index in [9.17, 15) is 23.9 Å². The summed E-state index contributed by atoms with van der Waals surface area (Å²) < 4.78 is 18.0. The fourth-order valence-electron chi connectivity index (χ4n) is 3.13. The van der Waals surface area contributed by atoms with E-state index in [0.717, 1.165) is 0 Å². The van der Waals surface area contributed by atoms with Gasteiger partial charge in [-0.25, -0.2) is 9.18 Å². The van der Waals surface area contributed by atoms with Crippen molar-refractivity contribution in [3.05, 3.63) is 59.4 Å². The molecule has 0 radical (unpaired) electrons. The number of benzene rings is 2. The molecule has 9 heteroatoms. The number of piperazine rings is 1. The highest BCUT2D eigenvalue weighted by atomic mass is 19.1. The number of amides is 2. The van der Waals surface area contributed by atoms with Crippen LogP contribution in [-0.4, -0.2) is 72.0 Å². The standard InChI is InChI=1S/C22H24FN3O5/c1-15-2-3-16(12-19(15)27)22(30)31-14-21(29)26-10-8-25(9-11-26)13-20(28)24-18-6-4-17(23)5-7-18/h2-7,12,27H,8-11,13-14H2,1H3,(H,24,28). The van der Waals surface area contributed by atoms with Crippen LogP contribution in [0.4, 0.5) is 10.1 Å². The number of carbonyl (C=O) groups is 3. The molecule has 0 aliphatic carbocycles. The summed E-state index contributed by atoms with van der Waals surface area (Å²) in [4.78, 5) is 40.0. The van der Waals surface area contributed by atoms with Crippen LogP contribution in [0.25, 0.3) is 0 Å². The summed E-state index contributed by atoms with van der Waals surface area (Å²) in [5, 5.41) is 12.4. The maximum atomic E-state index is 12.9. The number of anilines is 1. The second kappa shape index (κ2) is 10.0. The normalized spacial score (nSPS) is 14.2. The van der Waals surface area contributed by atoms with Gasteiger partial charge in [0.05, 0.1) is 12.1 Å². The summed E-state index contributed by atoms with van der Waals surface area (Å²) in [6, 6.07) is 9.95. The van der Waals surface area contributed by atoms with Crippen molar-refractivity contribution < 1.29 is 28.6 Å². The van der Waals surface area contributed by atoms with Gasteiger partial charge < -0.3 is 20.1 Å². The van der Waals surface area contributed by atoms with Gasteiger partial charge in [0.2, 0.25) is 5.91 Å². The Hall–Kier alpha value is -3.46. The monoisotopic (exact) mass is 429 g/mol. The number of esters is 1. The third-order valence-electron chi connectivity index (χ3n) is 4.99. The number of carbonyl (C=O) groups excluding carboxylic acids is 3. The summed E-state index contributed by atoms with van der Waals surface area (Å²) >= 11 is 0. The summed E-state index contributed by atoms with van der Waals surface area (Å²) in [6.45, 7) is 3.30. The van der Waals surface area contributed by atoms with Crippen LogP contribution in [0.1, 0.15) is 15.9 Å². The highest BCUT2D eigenvalue weighted by Crippen LogP contribution is 2.18. The van der Waals surface area contributed by atoms with Gasteiger partial charge in [0.1, 0.15) is 11.6 Å². The highest BCUT2D eigenvalue weighted by Gasteiger charge is 2.23. The lowest BCUT2D eigenvalue weighted by molar-refractivity contribution is -0.136. The molecule has 0 bridgehead atoms. The SMILES string of the molecule is Cc1ccc(C(=O)OCC(=O)N2CCN(CC(=O)Nc3ccc(F)cc3)CC2)cc1O. The molecule has 31 heavy (non-hydrogen) atoms. The number of rotatable bonds is 6. The quantitative estimate of drug-likeness (QED) is 0.680. The Kier molecular flexibility index (Phi) is 7.19. The van der Waals surface area contributed by atoms with E-state index in [1.54, 1.807) is 17.9 Å². The average molecular weight is 429 g/mol. The van der Waals surface area contributed by atoms with Crippen LogP contribution in [0, 0.1) is 12.7 Å². The number of hydrogen-bond acceptors (Lipinski definition) is 6. The van der Waals surface area contributed by atoms with Crippen molar-refractivity contribution in [2.45, 2.75) is 6.92 Å². The molecule has 1 aliphatic rings. The molecule has 1 saturated heterocycles. The van der Waals surface area contributed by atoms with E-state index in [0.29, 0.717) is 37.4 Å². The molecule has 0 atom stereocenters. The van der Waals surface area contributed by atoms with Crippen molar-refractivity contribution in [1.82, 2.24) is 9.80 Å². The Balaban J connectivity index is 1.40. The molecule has 2 aromatic carbocycles. The first-order valence-corrected chi connectivity index (χ1v) is 9.84. The third kappa shape index (κ3) is 6.26. The molecule has 2 amide bonds. The molecule has 2 aromatic rings. The van der Waals surface area contributed by atoms with Gasteiger partial charge >= 0.3 is 5.97 Å². The van der Waals surface area contributed by atoms with Gasteiger partial charge in [-0.3, -0.25) is 14.5 Å². The largest absolute Gasteiger partial charge is 0.508 e. The number of aromatic hydroxyl groups is 1.